The van der Waals surface area contributed by atoms with Crippen molar-refractivity contribution in [2.75, 3.05) is 12.3 Å². The van der Waals surface area contributed by atoms with Crippen molar-refractivity contribution in [3.63, 3.8) is 0 Å². The van der Waals surface area contributed by atoms with Crippen LogP contribution in [-0.2, 0) is 0 Å². The van der Waals surface area contributed by atoms with Crippen LogP contribution in [0.2, 0.25) is 0 Å². The molecule has 106 valence electrons. The monoisotopic (exact) mass is 260 g/mol. The van der Waals surface area contributed by atoms with Gasteiger partial charge in [0.05, 0.1) is 0 Å². The molecule has 0 aromatic heterocycles. The van der Waals surface area contributed by atoms with Crippen molar-refractivity contribution in [3.8, 4) is 0 Å². The van der Waals surface area contributed by atoms with Gasteiger partial charge in [0.1, 0.15) is 0 Å². The maximum atomic E-state index is 5.72. The Labute approximate surface area is 117 Å². The van der Waals surface area contributed by atoms with E-state index in [2.05, 4.69) is 38.2 Å². The molecule has 2 atom stereocenters. The van der Waals surface area contributed by atoms with Gasteiger partial charge in [-0.2, -0.15) is 0 Å². The highest BCUT2D eigenvalue weighted by atomic mass is 14.9. The zero-order valence-electron chi connectivity index (χ0n) is 12.6. The minimum atomic E-state index is 0.542. The number of nitrogens with one attached hydrogen (secondary N) is 1. The molecule has 0 aliphatic heterocycles. The summed E-state index contributed by atoms with van der Waals surface area (Å²) in [4.78, 5) is 0. The van der Waals surface area contributed by atoms with Crippen LogP contribution in [0.1, 0.15) is 57.9 Å². The lowest BCUT2D eigenvalue weighted by Crippen LogP contribution is -2.28. The van der Waals surface area contributed by atoms with Crippen molar-refractivity contribution >= 4 is 5.69 Å². The first kappa shape index (κ1) is 14.4. The molecule has 0 saturated heterocycles. The van der Waals surface area contributed by atoms with E-state index in [1.165, 1.54) is 31.2 Å². The number of nitrogens with two attached hydrogens (primary N) is 1. The lowest BCUT2D eigenvalue weighted by Gasteiger charge is -2.19. The molecule has 1 aliphatic carbocycles. The molecule has 1 fully saturated rings. The van der Waals surface area contributed by atoms with Crippen LogP contribution in [0.25, 0.3) is 0 Å². The second-order valence-electron chi connectivity index (χ2n) is 6.91. The number of anilines is 1. The summed E-state index contributed by atoms with van der Waals surface area (Å²) in [5.74, 6) is 0.600. The van der Waals surface area contributed by atoms with Crippen LogP contribution in [-0.4, -0.2) is 12.6 Å². The molecule has 0 heterocycles. The van der Waals surface area contributed by atoms with Crippen molar-refractivity contribution in [2.24, 2.45) is 5.41 Å². The second kappa shape index (κ2) is 5.96. The van der Waals surface area contributed by atoms with E-state index in [9.17, 15) is 0 Å². The quantitative estimate of drug-likeness (QED) is 0.787. The van der Waals surface area contributed by atoms with E-state index in [1.54, 1.807) is 0 Å². The van der Waals surface area contributed by atoms with E-state index >= 15 is 0 Å². The van der Waals surface area contributed by atoms with Crippen molar-refractivity contribution in [1.82, 2.24) is 5.32 Å². The van der Waals surface area contributed by atoms with Gasteiger partial charge in [-0.3, -0.25) is 0 Å². The molecule has 2 nitrogen and oxygen atoms in total. The van der Waals surface area contributed by atoms with Gasteiger partial charge in [-0.25, -0.2) is 0 Å². The molecule has 0 bridgehead atoms. The molecule has 0 amide bonds. The zero-order valence-corrected chi connectivity index (χ0v) is 12.6. The molecule has 2 rings (SSSR count). The predicted octanol–water partition coefficient (Wildman–Crippen LogP) is 3.93. The fourth-order valence-electron chi connectivity index (χ4n) is 3.11. The molecule has 2 heteroatoms. The minimum absolute atomic E-state index is 0.542. The zero-order chi connectivity index (χ0) is 13.9. The maximum Gasteiger partial charge on any atom is 0.0314 e. The number of benzene rings is 1. The lowest BCUT2D eigenvalue weighted by atomic mass is 9.92. The highest BCUT2D eigenvalue weighted by molar-refractivity contribution is 5.40. The van der Waals surface area contributed by atoms with Gasteiger partial charge in [0.2, 0.25) is 0 Å². The summed E-state index contributed by atoms with van der Waals surface area (Å²) in [7, 11) is 0. The third kappa shape index (κ3) is 4.24. The molecule has 1 saturated carbocycles. The highest BCUT2D eigenvalue weighted by Crippen LogP contribution is 2.36. The van der Waals surface area contributed by atoms with Crippen molar-refractivity contribution in [3.05, 3.63) is 29.8 Å². The summed E-state index contributed by atoms with van der Waals surface area (Å²) < 4.78 is 0. The molecule has 1 aromatic rings. The molecule has 1 aliphatic rings. The smallest absolute Gasteiger partial charge is 0.0314 e. The van der Waals surface area contributed by atoms with Gasteiger partial charge in [-0.1, -0.05) is 32.9 Å². The van der Waals surface area contributed by atoms with Gasteiger partial charge in [-0.15, -0.1) is 0 Å². The van der Waals surface area contributed by atoms with Crippen LogP contribution in [0, 0.1) is 5.41 Å². The van der Waals surface area contributed by atoms with Crippen LogP contribution in [0.15, 0.2) is 24.3 Å². The van der Waals surface area contributed by atoms with Crippen LogP contribution in [0.5, 0.6) is 0 Å². The van der Waals surface area contributed by atoms with E-state index in [1.807, 2.05) is 12.1 Å². The van der Waals surface area contributed by atoms with Crippen molar-refractivity contribution < 1.29 is 0 Å². The SMILES string of the molecule is CC(CCNC1CCC(C)(C)C1)c1ccc(N)cc1. The van der Waals surface area contributed by atoms with Crippen molar-refractivity contribution in [2.45, 2.75) is 58.4 Å². The Hall–Kier alpha value is -1.02. The fraction of sp³-hybridized carbons (Fsp3) is 0.647. The molecular weight excluding hydrogens is 232 g/mol. The largest absolute Gasteiger partial charge is 0.399 e. The first-order chi connectivity index (χ1) is 8.96. The number of hydrogen-bond donors (Lipinski definition) is 2. The third-order valence-corrected chi connectivity index (χ3v) is 4.48. The average Bonchev–Trinajstić information content (AvgIpc) is 2.69. The van der Waals surface area contributed by atoms with Gasteiger partial charge < -0.3 is 11.1 Å². The fourth-order valence-corrected chi connectivity index (χ4v) is 3.11. The van der Waals surface area contributed by atoms with Gasteiger partial charge in [0.25, 0.3) is 0 Å². The van der Waals surface area contributed by atoms with Crippen molar-refractivity contribution in [1.29, 1.82) is 0 Å². The van der Waals surface area contributed by atoms with Crippen LogP contribution in [0.4, 0.5) is 5.69 Å². The number of nitrogen functional groups attached to an aromatic ring is 1. The van der Waals surface area contributed by atoms with Gasteiger partial charge in [-0.05, 0) is 61.3 Å². The minimum Gasteiger partial charge on any atom is -0.399 e. The van der Waals surface area contributed by atoms with E-state index < -0.39 is 0 Å². The van der Waals surface area contributed by atoms with Crippen LogP contribution >= 0.6 is 0 Å². The summed E-state index contributed by atoms with van der Waals surface area (Å²) in [6.07, 6.45) is 5.21. The van der Waals surface area contributed by atoms with Crippen LogP contribution < -0.4 is 11.1 Å². The first-order valence-corrected chi connectivity index (χ1v) is 7.55. The van der Waals surface area contributed by atoms with Gasteiger partial charge >= 0.3 is 0 Å². The molecule has 0 radical (unpaired) electrons. The van der Waals surface area contributed by atoms with E-state index in [0.29, 0.717) is 11.3 Å². The highest BCUT2D eigenvalue weighted by Gasteiger charge is 2.30. The Morgan fingerprint density at radius 2 is 2.00 bits per heavy atom. The first-order valence-electron chi connectivity index (χ1n) is 7.55. The van der Waals surface area contributed by atoms with Gasteiger partial charge in [0.15, 0.2) is 0 Å². The molecular formula is C17H28N2. The molecule has 3 N–H and O–H groups in total. The Morgan fingerprint density at radius 3 is 2.58 bits per heavy atom. The molecule has 0 spiro atoms. The summed E-state index contributed by atoms with van der Waals surface area (Å²) in [5.41, 5.74) is 8.51. The standard InChI is InChI=1S/C17H28N2/c1-13(14-4-6-15(18)7-5-14)9-11-19-16-8-10-17(2,3)12-16/h4-7,13,16,19H,8-12,18H2,1-3H3. The van der Waals surface area contributed by atoms with E-state index in [-0.39, 0.29) is 0 Å². The Kier molecular flexibility index (Phi) is 4.51. The summed E-state index contributed by atoms with van der Waals surface area (Å²) in [6.45, 7) is 8.18. The Morgan fingerprint density at radius 1 is 1.32 bits per heavy atom. The summed E-state index contributed by atoms with van der Waals surface area (Å²) in [5, 5.41) is 3.72. The second-order valence-corrected chi connectivity index (χ2v) is 6.91. The van der Waals surface area contributed by atoms with Crippen LogP contribution in [0.3, 0.4) is 0 Å². The summed E-state index contributed by atoms with van der Waals surface area (Å²) in [6, 6.07) is 9.03. The average molecular weight is 260 g/mol. The summed E-state index contributed by atoms with van der Waals surface area (Å²) >= 11 is 0. The van der Waals surface area contributed by atoms with Gasteiger partial charge in [0, 0.05) is 11.7 Å². The Bertz CT molecular complexity index is 394. The molecule has 2 unspecified atom stereocenters. The number of rotatable bonds is 5. The Balaban J connectivity index is 1.72. The molecule has 1 aromatic carbocycles. The molecule has 19 heavy (non-hydrogen) atoms. The maximum absolute atomic E-state index is 5.72. The lowest BCUT2D eigenvalue weighted by molar-refractivity contribution is 0.363. The third-order valence-electron chi connectivity index (χ3n) is 4.48. The number of hydrogen-bond acceptors (Lipinski definition) is 2. The predicted molar refractivity (Wildman–Crippen MR) is 83.3 cm³/mol. The van der Waals surface area contributed by atoms with E-state index in [0.717, 1.165) is 18.3 Å². The van der Waals surface area contributed by atoms with E-state index in [4.69, 9.17) is 5.73 Å². The normalized spacial score (nSPS) is 23.4. The topological polar surface area (TPSA) is 38.0 Å².